The maximum Gasteiger partial charge on any atom is 0.312 e. The molecule has 258 valence electrons. The summed E-state index contributed by atoms with van der Waals surface area (Å²) in [5.41, 5.74) is -0.558. The number of nitrogens with zero attached hydrogens (tertiary/aromatic N) is 2. The number of hydrogen-bond acceptors (Lipinski definition) is 7. The summed E-state index contributed by atoms with van der Waals surface area (Å²) in [5, 5.41) is 14.0. The first-order valence-electron chi connectivity index (χ1n) is 16.9. The molecule has 2 bridgehead atoms. The van der Waals surface area contributed by atoms with Crippen molar-refractivity contribution in [3.8, 4) is 0 Å². The number of carbonyl (C=O) groups excluding carboxylic acids is 4. The summed E-state index contributed by atoms with van der Waals surface area (Å²) in [6, 6.07) is 12.8. The number of amides is 3. The van der Waals surface area contributed by atoms with Crippen molar-refractivity contribution >= 4 is 56.1 Å². The van der Waals surface area contributed by atoms with Gasteiger partial charge in [0, 0.05) is 36.6 Å². The van der Waals surface area contributed by atoms with Gasteiger partial charge < -0.3 is 29.7 Å². The van der Waals surface area contributed by atoms with Crippen LogP contribution in [0.2, 0.25) is 0 Å². The van der Waals surface area contributed by atoms with Crippen LogP contribution in [-0.2, 0) is 28.7 Å². The summed E-state index contributed by atoms with van der Waals surface area (Å²) >= 11 is 3.72. The van der Waals surface area contributed by atoms with Crippen molar-refractivity contribution in [2.75, 3.05) is 31.1 Å². The predicted molar refractivity (Wildman–Crippen MR) is 187 cm³/mol. The number of ether oxygens (including phenoxy) is 2. The number of alkyl halides is 1. The Morgan fingerprint density at radius 3 is 2.62 bits per heavy atom. The molecular weight excluding hydrogens is 678 g/mol. The quantitative estimate of drug-likeness (QED) is 0.105. The molecule has 0 saturated carbocycles. The number of nitrogens with one attached hydrogen (secondary N) is 1. The van der Waals surface area contributed by atoms with Crippen molar-refractivity contribution in [2.45, 2.75) is 80.5 Å². The molecule has 1 spiro atoms. The highest BCUT2D eigenvalue weighted by Crippen LogP contribution is 2.60. The number of halogens is 1. The van der Waals surface area contributed by atoms with E-state index in [0.29, 0.717) is 44.3 Å². The van der Waals surface area contributed by atoms with Gasteiger partial charge in [0.15, 0.2) is 0 Å². The zero-order valence-corrected chi connectivity index (χ0v) is 29.1. The third-order valence-corrected chi connectivity index (χ3v) is 10.5. The van der Waals surface area contributed by atoms with Gasteiger partial charge in [-0.1, -0.05) is 71.3 Å². The van der Waals surface area contributed by atoms with Crippen molar-refractivity contribution in [1.82, 2.24) is 10.2 Å². The molecule has 3 saturated heterocycles. The maximum atomic E-state index is 14.9. The Hall–Kier alpha value is -3.54. The van der Waals surface area contributed by atoms with Gasteiger partial charge >= 0.3 is 5.97 Å². The molecule has 5 rings (SSSR count). The van der Waals surface area contributed by atoms with E-state index in [1.54, 1.807) is 28.9 Å². The van der Waals surface area contributed by atoms with E-state index >= 15 is 0 Å². The Balaban J connectivity index is 1.44. The van der Waals surface area contributed by atoms with E-state index in [4.69, 9.17) is 9.47 Å². The van der Waals surface area contributed by atoms with Crippen LogP contribution in [0.15, 0.2) is 67.8 Å². The second kappa shape index (κ2) is 15.8. The van der Waals surface area contributed by atoms with Crippen molar-refractivity contribution in [3.05, 3.63) is 67.8 Å². The second-order valence-electron chi connectivity index (χ2n) is 13.0. The van der Waals surface area contributed by atoms with Crippen molar-refractivity contribution < 1.29 is 33.8 Å². The lowest BCUT2D eigenvalue weighted by molar-refractivity contribution is -0.159. The van der Waals surface area contributed by atoms with Crippen LogP contribution in [0.4, 0.5) is 5.69 Å². The van der Waals surface area contributed by atoms with E-state index < -0.39 is 41.7 Å². The van der Waals surface area contributed by atoms with Crippen LogP contribution < -0.4 is 10.2 Å². The number of esters is 1. The van der Waals surface area contributed by atoms with Crippen LogP contribution in [0.3, 0.4) is 0 Å². The third kappa shape index (κ3) is 7.09. The molecule has 3 heterocycles. The molecule has 0 aromatic heterocycles. The average molecular weight is 725 g/mol. The number of likely N-dealkylation sites (tertiary alicyclic amines) is 1. The molecule has 3 amide bonds. The minimum atomic E-state index is -1.24. The normalized spacial score (nSPS) is 26.3. The molecule has 2 aromatic rings. The number of allylic oxidation sites excluding steroid dienone is 1. The van der Waals surface area contributed by atoms with Gasteiger partial charge in [-0.3, -0.25) is 19.2 Å². The largest absolute Gasteiger partial charge is 0.460 e. The number of fused-ring (bicyclic) bond motifs is 2. The zero-order chi connectivity index (χ0) is 34.4. The van der Waals surface area contributed by atoms with Gasteiger partial charge in [0.2, 0.25) is 11.8 Å². The standard InChI is InChI=1S/C37H46BrN3O7/c1-4-6-15-29(43)39-23-24(3)47-36(46)30-31-34(44)41(19-11-7-8-12-20-42)33(37(31)22-28(38)32(30)48-37)35(45)40(18-5-2)27-17-16-25-13-9-10-14-26(25)21-27/h4-5,9-10,13-14,16-17,21,24,28,30-33,42H,1-2,6-8,11-12,15,18-20,22-23H2,3H3,(H,39,43)/t24-,28?,30-,31+,32-,33-,37+/m0/s1. The first-order valence-corrected chi connectivity index (χ1v) is 17.8. The summed E-state index contributed by atoms with van der Waals surface area (Å²) in [4.78, 5) is 58.3. The highest BCUT2D eigenvalue weighted by atomic mass is 79.9. The number of unbranched alkanes of at least 4 members (excludes halogenated alkanes) is 3. The van der Waals surface area contributed by atoms with Gasteiger partial charge in [-0.25, -0.2) is 0 Å². The molecule has 1 unspecified atom stereocenters. The van der Waals surface area contributed by atoms with Crippen molar-refractivity contribution in [1.29, 1.82) is 0 Å². The predicted octanol–water partition coefficient (Wildman–Crippen LogP) is 4.67. The van der Waals surface area contributed by atoms with Crippen molar-refractivity contribution in [2.24, 2.45) is 11.8 Å². The minimum absolute atomic E-state index is 0.0970. The highest BCUT2D eigenvalue weighted by molar-refractivity contribution is 9.09. The van der Waals surface area contributed by atoms with Crippen molar-refractivity contribution in [3.63, 3.8) is 0 Å². The summed E-state index contributed by atoms with van der Waals surface area (Å²) < 4.78 is 12.5. The van der Waals surface area contributed by atoms with Gasteiger partial charge in [-0.2, -0.15) is 0 Å². The molecule has 7 atom stereocenters. The molecule has 0 aliphatic carbocycles. The SMILES string of the molecule is C=CCCC(=O)NC[C@H](C)OC(=O)[C@@H]1[C@H]2O[C@@]3(CC2Br)[C@H](C(=O)N(CC=C)c2ccc4ccccc4c2)N(CCCCCCO)C(=O)[C@@H]13. The van der Waals surface area contributed by atoms with Crippen LogP contribution >= 0.6 is 15.9 Å². The Kier molecular flexibility index (Phi) is 11.8. The Bertz CT molecular complexity index is 1530. The number of aliphatic hydroxyl groups is 1. The molecule has 48 heavy (non-hydrogen) atoms. The summed E-state index contributed by atoms with van der Waals surface area (Å²) in [5.74, 6) is -3.14. The zero-order valence-electron chi connectivity index (χ0n) is 27.5. The average Bonchev–Trinajstić information content (AvgIpc) is 3.67. The van der Waals surface area contributed by atoms with Gasteiger partial charge in [-0.15, -0.1) is 13.2 Å². The Morgan fingerprint density at radius 2 is 1.90 bits per heavy atom. The summed E-state index contributed by atoms with van der Waals surface area (Å²) in [6.45, 7) is 9.99. The van der Waals surface area contributed by atoms with E-state index in [9.17, 15) is 24.3 Å². The fourth-order valence-corrected chi connectivity index (χ4v) is 8.45. The van der Waals surface area contributed by atoms with Crippen LogP contribution in [-0.4, -0.2) is 88.6 Å². The van der Waals surface area contributed by atoms with Crippen LogP contribution in [0.5, 0.6) is 0 Å². The molecule has 10 nitrogen and oxygen atoms in total. The molecule has 2 aromatic carbocycles. The lowest BCUT2D eigenvalue weighted by Gasteiger charge is -2.37. The number of aliphatic hydroxyl groups excluding tert-OH is 1. The summed E-state index contributed by atoms with van der Waals surface area (Å²) in [7, 11) is 0. The maximum absolute atomic E-state index is 14.9. The Morgan fingerprint density at radius 1 is 1.15 bits per heavy atom. The molecule has 3 fully saturated rings. The number of benzene rings is 2. The van der Waals surface area contributed by atoms with Gasteiger partial charge in [0.05, 0.1) is 24.5 Å². The minimum Gasteiger partial charge on any atom is -0.460 e. The van der Waals surface area contributed by atoms with E-state index in [1.165, 1.54) is 0 Å². The highest BCUT2D eigenvalue weighted by Gasteiger charge is 2.77. The van der Waals surface area contributed by atoms with Crippen LogP contribution in [0, 0.1) is 11.8 Å². The molecular formula is C37H46BrN3O7. The number of hydrogen-bond donors (Lipinski definition) is 2. The second-order valence-corrected chi connectivity index (χ2v) is 14.2. The molecule has 3 aliphatic rings. The first-order chi connectivity index (χ1) is 23.2. The lowest BCUT2D eigenvalue weighted by Crippen LogP contribution is -2.57. The van der Waals surface area contributed by atoms with E-state index in [2.05, 4.69) is 34.4 Å². The van der Waals surface area contributed by atoms with Gasteiger partial charge in [0.25, 0.3) is 5.91 Å². The number of rotatable bonds is 17. The summed E-state index contributed by atoms with van der Waals surface area (Å²) in [6.07, 6.45) is 6.11. The topological polar surface area (TPSA) is 125 Å². The molecule has 3 aliphatic heterocycles. The van der Waals surface area contributed by atoms with Gasteiger partial charge in [-0.05, 0) is 55.5 Å². The van der Waals surface area contributed by atoms with Gasteiger partial charge in [0.1, 0.15) is 17.7 Å². The van der Waals surface area contributed by atoms with Crippen LogP contribution in [0.1, 0.15) is 51.9 Å². The number of carbonyl (C=O) groups is 4. The van der Waals surface area contributed by atoms with E-state index in [0.717, 1.165) is 23.6 Å². The smallest absolute Gasteiger partial charge is 0.312 e. The number of anilines is 1. The third-order valence-electron chi connectivity index (χ3n) is 9.70. The first kappa shape index (κ1) is 35.8. The monoisotopic (exact) mass is 723 g/mol. The van der Waals surface area contributed by atoms with E-state index in [-0.39, 0.29) is 42.2 Å². The van der Waals surface area contributed by atoms with E-state index in [1.807, 2.05) is 42.5 Å². The molecule has 0 radical (unpaired) electrons. The Labute approximate surface area is 290 Å². The lowest BCUT2D eigenvalue weighted by atomic mass is 9.70. The molecule has 2 N–H and O–H groups in total. The fourth-order valence-electron chi connectivity index (χ4n) is 7.51. The molecule has 11 heteroatoms. The van der Waals surface area contributed by atoms with Crippen LogP contribution in [0.25, 0.3) is 10.8 Å². The fraction of sp³-hybridized carbons (Fsp3) is 0.514.